The average molecular weight is 248 g/mol. The van der Waals surface area contributed by atoms with Gasteiger partial charge in [-0.3, -0.25) is 0 Å². The first-order chi connectivity index (χ1) is 8.41. The van der Waals surface area contributed by atoms with E-state index in [-0.39, 0.29) is 0 Å². The molecule has 2 nitrogen and oxygen atoms in total. The van der Waals surface area contributed by atoms with Crippen molar-refractivity contribution in [2.24, 2.45) is 23.7 Å². The summed E-state index contributed by atoms with van der Waals surface area (Å²) in [5.41, 5.74) is 3.56. The highest BCUT2D eigenvalue weighted by atomic mass is 16.4. The summed E-state index contributed by atoms with van der Waals surface area (Å²) in [6, 6.07) is 0. The number of hydrogen-bond acceptors (Lipinski definition) is 1. The zero-order valence-electron chi connectivity index (χ0n) is 11.9. The fourth-order valence-electron chi connectivity index (χ4n) is 4.07. The number of allylic oxidation sites excluding steroid dienone is 3. The minimum atomic E-state index is -0.783. The van der Waals surface area contributed by atoms with Crippen LogP contribution in [0.2, 0.25) is 0 Å². The van der Waals surface area contributed by atoms with Crippen LogP contribution < -0.4 is 0 Å². The van der Waals surface area contributed by atoms with E-state index in [1.807, 2.05) is 6.08 Å². The Labute approximate surface area is 110 Å². The molecule has 100 valence electrons. The molecule has 0 bridgehead atoms. The summed E-state index contributed by atoms with van der Waals surface area (Å²) in [5.74, 6) is 1.75. The van der Waals surface area contributed by atoms with E-state index in [2.05, 4.69) is 20.8 Å². The summed E-state index contributed by atoms with van der Waals surface area (Å²) in [6.45, 7) is 8.64. The maximum absolute atomic E-state index is 11.0. The number of fused-ring (bicyclic) bond motifs is 1. The monoisotopic (exact) mass is 248 g/mol. The van der Waals surface area contributed by atoms with Gasteiger partial charge in [0.25, 0.3) is 0 Å². The van der Waals surface area contributed by atoms with Gasteiger partial charge >= 0.3 is 5.97 Å². The van der Waals surface area contributed by atoms with Crippen molar-refractivity contribution in [2.75, 3.05) is 0 Å². The molecule has 0 radical (unpaired) electrons. The molecule has 0 aromatic heterocycles. The highest BCUT2D eigenvalue weighted by Crippen LogP contribution is 2.50. The molecule has 2 aliphatic rings. The zero-order chi connectivity index (χ0) is 13.4. The second kappa shape index (κ2) is 4.91. The number of rotatable bonds is 2. The van der Waals surface area contributed by atoms with Crippen molar-refractivity contribution in [2.45, 2.75) is 47.0 Å². The predicted octanol–water partition coefficient (Wildman–Crippen LogP) is 4.04. The number of hydrogen-bond donors (Lipinski definition) is 1. The van der Waals surface area contributed by atoms with E-state index in [9.17, 15) is 4.79 Å². The quantitative estimate of drug-likeness (QED) is 0.591. The zero-order valence-corrected chi connectivity index (χ0v) is 11.9. The first kappa shape index (κ1) is 13.4. The lowest BCUT2D eigenvalue weighted by molar-refractivity contribution is -0.132. The molecule has 0 spiro atoms. The molecule has 0 heterocycles. The van der Waals surface area contributed by atoms with Crippen LogP contribution in [0.1, 0.15) is 47.0 Å². The lowest BCUT2D eigenvalue weighted by Crippen LogP contribution is -2.27. The fraction of sp³-hybridized carbons (Fsp3) is 0.688. The Morgan fingerprint density at radius 3 is 2.56 bits per heavy atom. The minimum Gasteiger partial charge on any atom is -0.478 e. The molecule has 1 N–H and O–H groups in total. The summed E-state index contributed by atoms with van der Waals surface area (Å²) >= 11 is 0. The average Bonchev–Trinajstić information content (AvgIpc) is 2.59. The van der Waals surface area contributed by atoms with E-state index < -0.39 is 5.97 Å². The summed E-state index contributed by atoms with van der Waals surface area (Å²) in [6.07, 6.45) is 5.51. The Hall–Kier alpha value is -1.05. The molecular formula is C16H24O2. The normalized spacial score (nSPS) is 36.8. The largest absolute Gasteiger partial charge is 0.478 e. The number of carboxylic acids is 1. The van der Waals surface area contributed by atoms with Gasteiger partial charge in [0.1, 0.15) is 0 Å². The minimum absolute atomic E-state index is 0.368. The van der Waals surface area contributed by atoms with E-state index in [0.717, 1.165) is 18.3 Å². The molecule has 4 atom stereocenters. The highest BCUT2D eigenvalue weighted by Gasteiger charge is 2.40. The Morgan fingerprint density at radius 2 is 1.94 bits per heavy atom. The molecule has 0 saturated heterocycles. The topological polar surface area (TPSA) is 37.3 Å². The van der Waals surface area contributed by atoms with Gasteiger partial charge in [-0.15, -0.1) is 0 Å². The SMILES string of the molecule is CC1=C2C(/C=C(/C)C(=O)O)CCC(C)C2C(C)C1. The van der Waals surface area contributed by atoms with Crippen molar-refractivity contribution in [3.63, 3.8) is 0 Å². The third-order valence-electron chi connectivity index (χ3n) is 4.83. The van der Waals surface area contributed by atoms with Gasteiger partial charge in [0.15, 0.2) is 0 Å². The van der Waals surface area contributed by atoms with E-state index >= 15 is 0 Å². The Morgan fingerprint density at radius 1 is 1.28 bits per heavy atom. The van der Waals surface area contributed by atoms with Crippen LogP contribution in [0.4, 0.5) is 0 Å². The number of carbonyl (C=O) groups is 1. The van der Waals surface area contributed by atoms with Crippen molar-refractivity contribution in [1.29, 1.82) is 0 Å². The van der Waals surface area contributed by atoms with Crippen LogP contribution in [-0.4, -0.2) is 11.1 Å². The van der Waals surface area contributed by atoms with Crippen LogP contribution in [0.5, 0.6) is 0 Å². The second-order valence-corrected chi connectivity index (χ2v) is 6.26. The van der Waals surface area contributed by atoms with E-state index in [0.29, 0.717) is 17.4 Å². The van der Waals surface area contributed by atoms with Gasteiger partial charge in [-0.1, -0.05) is 31.1 Å². The van der Waals surface area contributed by atoms with Crippen molar-refractivity contribution >= 4 is 5.97 Å². The van der Waals surface area contributed by atoms with E-state index in [4.69, 9.17) is 5.11 Å². The van der Waals surface area contributed by atoms with E-state index in [1.54, 1.807) is 12.5 Å². The van der Waals surface area contributed by atoms with Gasteiger partial charge < -0.3 is 5.11 Å². The van der Waals surface area contributed by atoms with Gasteiger partial charge in [-0.2, -0.15) is 0 Å². The summed E-state index contributed by atoms with van der Waals surface area (Å²) in [4.78, 5) is 11.0. The second-order valence-electron chi connectivity index (χ2n) is 6.26. The van der Waals surface area contributed by atoms with Gasteiger partial charge in [0, 0.05) is 5.57 Å². The van der Waals surface area contributed by atoms with Crippen molar-refractivity contribution < 1.29 is 9.90 Å². The predicted molar refractivity (Wildman–Crippen MR) is 73.3 cm³/mol. The maximum Gasteiger partial charge on any atom is 0.330 e. The van der Waals surface area contributed by atoms with Gasteiger partial charge in [-0.25, -0.2) is 4.79 Å². The van der Waals surface area contributed by atoms with Crippen molar-refractivity contribution in [1.82, 2.24) is 0 Å². The maximum atomic E-state index is 11.0. The van der Waals surface area contributed by atoms with Crippen molar-refractivity contribution in [3.05, 3.63) is 22.8 Å². The molecule has 2 aliphatic carbocycles. The van der Waals surface area contributed by atoms with Crippen LogP contribution in [0.15, 0.2) is 22.8 Å². The number of aliphatic carboxylic acids is 1. The summed E-state index contributed by atoms with van der Waals surface area (Å²) in [7, 11) is 0. The lowest BCUT2D eigenvalue weighted by Gasteiger charge is -2.36. The molecule has 1 fully saturated rings. The first-order valence-corrected chi connectivity index (χ1v) is 7.03. The molecule has 4 unspecified atom stereocenters. The molecular weight excluding hydrogens is 224 g/mol. The van der Waals surface area contributed by atoms with Gasteiger partial charge in [0.05, 0.1) is 0 Å². The molecule has 18 heavy (non-hydrogen) atoms. The van der Waals surface area contributed by atoms with Gasteiger partial charge in [-0.05, 0) is 56.8 Å². The van der Waals surface area contributed by atoms with Gasteiger partial charge in [0.2, 0.25) is 0 Å². The van der Waals surface area contributed by atoms with Crippen LogP contribution in [0.3, 0.4) is 0 Å². The van der Waals surface area contributed by atoms with E-state index in [1.165, 1.54) is 18.4 Å². The molecule has 1 saturated carbocycles. The van der Waals surface area contributed by atoms with Crippen LogP contribution >= 0.6 is 0 Å². The molecule has 2 heteroatoms. The molecule has 0 aromatic carbocycles. The fourth-order valence-corrected chi connectivity index (χ4v) is 4.07. The Bertz CT molecular complexity index is 417. The Kier molecular flexibility index (Phi) is 3.65. The number of carboxylic acid groups (broad SMARTS) is 1. The summed E-state index contributed by atoms with van der Waals surface area (Å²) < 4.78 is 0. The van der Waals surface area contributed by atoms with Crippen molar-refractivity contribution in [3.8, 4) is 0 Å². The molecule has 0 aliphatic heterocycles. The third kappa shape index (κ3) is 2.25. The first-order valence-electron chi connectivity index (χ1n) is 7.03. The van der Waals surface area contributed by atoms with Crippen LogP contribution in [0, 0.1) is 23.7 Å². The lowest BCUT2D eigenvalue weighted by atomic mass is 9.69. The molecule has 0 amide bonds. The molecule has 0 aromatic rings. The third-order valence-corrected chi connectivity index (χ3v) is 4.83. The molecule has 2 rings (SSSR count). The Balaban J connectivity index is 2.31. The van der Waals surface area contributed by atoms with Crippen LogP contribution in [-0.2, 0) is 4.79 Å². The highest BCUT2D eigenvalue weighted by molar-refractivity contribution is 5.85. The standard InChI is InChI=1S/C16H24O2/c1-9-5-6-13(8-12(4)16(17)18)15-11(3)7-10(2)14(9)15/h8-10,13-14H,5-7H2,1-4H3,(H,17,18)/b12-8-. The summed E-state index contributed by atoms with van der Waals surface area (Å²) in [5, 5.41) is 9.04. The smallest absolute Gasteiger partial charge is 0.330 e. The van der Waals surface area contributed by atoms with Crippen LogP contribution in [0.25, 0.3) is 0 Å².